The van der Waals surface area contributed by atoms with Crippen molar-refractivity contribution in [3.05, 3.63) is 124 Å². The number of anilines is 1. The molecule has 1 amide bonds. The zero-order valence-corrected chi connectivity index (χ0v) is 28.0. The maximum absolute atomic E-state index is 15.5. The van der Waals surface area contributed by atoms with Crippen LogP contribution >= 0.6 is 11.3 Å². The van der Waals surface area contributed by atoms with Crippen LogP contribution in [0, 0.1) is 11.6 Å². The number of carbonyl (C=O) groups excluding carboxylic acids is 1. The lowest BCUT2D eigenvalue weighted by Crippen LogP contribution is -2.35. The fourth-order valence-corrected chi connectivity index (χ4v) is 7.39. The summed E-state index contributed by atoms with van der Waals surface area (Å²) in [6.45, 7) is 2.79. The fourth-order valence-electron chi connectivity index (χ4n) is 6.35. The highest BCUT2D eigenvalue weighted by molar-refractivity contribution is 7.22. The number of carbonyl (C=O) groups is 1. The second kappa shape index (κ2) is 13.7. The molecule has 51 heavy (non-hydrogen) atoms. The van der Waals surface area contributed by atoms with Crippen LogP contribution in [0.25, 0.3) is 26.5 Å². The van der Waals surface area contributed by atoms with Crippen LogP contribution in [0.15, 0.2) is 90.1 Å². The van der Waals surface area contributed by atoms with Crippen molar-refractivity contribution in [2.45, 2.75) is 31.9 Å². The smallest absolute Gasteiger partial charge is 0.271 e. The average Bonchev–Trinajstić information content (AvgIpc) is 3.79. The first-order chi connectivity index (χ1) is 24.8. The largest absolute Gasteiger partial charge is 0.492 e. The van der Waals surface area contributed by atoms with Gasteiger partial charge >= 0.3 is 0 Å². The molecular formula is C38H31F2N5O5S. The van der Waals surface area contributed by atoms with Gasteiger partial charge in [0.1, 0.15) is 22.9 Å². The molecule has 4 aromatic heterocycles. The molecule has 0 aliphatic carbocycles. The van der Waals surface area contributed by atoms with Gasteiger partial charge < -0.3 is 19.9 Å². The highest BCUT2D eigenvalue weighted by Gasteiger charge is 2.27. The maximum Gasteiger partial charge on any atom is 0.271 e. The third-order valence-corrected chi connectivity index (χ3v) is 10.2. The number of aliphatic hydroxyl groups excluding tert-OH is 1. The Morgan fingerprint density at radius 3 is 2.61 bits per heavy atom. The van der Waals surface area contributed by atoms with Crippen LogP contribution in [-0.2, 0) is 13.0 Å². The van der Waals surface area contributed by atoms with Crippen LogP contribution in [-0.4, -0.2) is 56.2 Å². The number of pyridine rings is 3. The van der Waals surface area contributed by atoms with E-state index in [2.05, 4.69) is 26.3 Å². The molecule has 2 N–H and O–H groups in total. The summed E-state index contributed by atoms with van der Waals surface area (Å²) in [6, 6.07) is 17.0. The van der Waals surface area contributed by atoms with Gasteiger partial charge in [-0.25, -0.2) is 8.78 Å². The Morgan fingerprint density at radius 1 is 1.02 bits per heavy atom. The van der Waals surface area contributed by atoms with E-state index in [1.54, 1.807) is 18.5 Å². The lowest BCUT2D eigenvalue weighted by molar-refractivity contribution is 0.0792. The summed E-state index contributed by atoms with van der Waals surface area (Å²) in [7, 11) is 0. The number of rotatable bonds is 8. The van der Waals surface area contributed by atoms with Crippen molar-refractivity contribution in [3.8, 4) is 33.5 Å². The number of aromatic nitrogens is 3. The molecule has 258 valence electrons. The fraction of sp³-hybridized carbons (Fsp3) is 0.211. The predicted octanol–water partition coefficient (Wildman–Crippen LogP) is 6.72. The normalized spacial score (nSPS) is 14.7. The molecule has 10 nitrogen and oxygen atoms in total. The number of ether oxygens (including phenoxy) is 2. The molecule has 1 fully saturated rings. The molecule has 0 saturated carbocycles. The molecule has 0 spiro atoms. The van der Waals surface area contributed by atoms with E-state index in [4.69, 9.17) is 9.47 Å². The van der Waals surface area contributed by atoms with E-state index in [0.717, 1.165) is 59.4 Å². The standard InChI is InChI=1S/C38H31F2N5O5S/c39-24-2-5-26(6-3-24)45-21-23-12-16-49-35(23)34(38(45)48)37(47)43-25-4-8-31(28(40)17-25)50-32-9-13-41-30-18-33(51-36(30)32)29-7-1-22(19-42-29)20-44-14-10-27(46)11-15-44/h1-9,13,17-19,21,27,46H,10-12,14-16,20H2,(H,43,47). The number of fused-ring (bicyclic) bond motifs is 2. The minimum absolute atomic E-state index is 0.0641. The monoisotopic (exact) mass is 707 g/mol. The summed E-state index contributed by atoms with van der Waals surface area (Å²) in [5.74, 6) is -1.42. The quantitative estimate of drug-likeness (QED) is 0.179. The Balaban J connectivity index is 0.993. The van der Waals surface area contributed by atoms with Crippen LogP contribution in [0.5, 0.6) is 17.2 Å². The van der Waals surface area contributed by atoms with Gasteiger partial charge in [-0.3, -0.25) is 29.0 Å². The second-order valence-electron chi connectivity index (χ2n) is 12.5. The maximum atomic E-state index is 15.5. The van der Waals surface area contributed by atoms with Gasteiger partial charge in [-0.2, -0.15) is 0 Å². The minimum Gasteiger partial charge on any atom is -0.492 e. The van der Waals surface area contributed by atoms with Gasteiger partial charge in [0.05, 0.1) is 33.5 Å². The van der Waals surface area contributed by atoms with Gasteiger partial charge in [0.25, 0.3) is 11.5 Å². The summed E-state index contributed by atoms with van der Waals surface area (Å²) in [6.07, 6.45) is 6.88. The van der Waals surface area contributed by atoms with Gasteiger partial charge in [0.15, 0.2) is 11.6 Å². The molecule has 1 saturated heterocycles. The van der Waals surface area contributed by atoms with Crippen LogP contribution in [0.3, 0.4) is 0 Å². The van der Waals surface area contributed by atoms with E-state index < -0.39 is 23.1 Å². The second-order valence-corrected chi connectivity index (χ2v) is 13.6. The summed E-state index contributed by atoms with van der Waals surface area (Å²) in [5.41, 5.74) is 2.83. The van der Waals surface area contributed by atoms with Crippen molar-refractivity contribution in [3.63, 3.8) is 0 Å². The molecule has 8 rings (SSSR count). The summed E-state index contributed by atoms with van der Waals surface area (Å²) in [4.78, 5) is 39.3. The van der Waals surface area contributed by atoms with Crippen molar-refractivity contribution in [2.75, 3.05) is 25.0 Å². The number of nitrogens with one attached hydrogen (secondary N) is 1. The van der Waals surface area contributed by atoms with E-state index in [1.807, 2.05) is 18.3 Å². The van der Waals surface area contributed by atoms with E-state index >= 15 is 4.39 Å². The molecule has 13 heteroatoms. The highest BCUT2D eigenvalue weighted by atomic mass is 32.1. The highest BCUT2D eigenvalue weighted by Crippen LogP contribution is 2.39. The van der Waals surface area contributed by atoms with Gasteiger partial charge in [0, 0.05) is 73.7 Å². The van der Waals surface area contributed by atoms with E-state index in [0.29, 0.717) is 35.5 Å². The Hall–Kier alpha value is -5.50. The Morgan fingerprint density at radius 2 is 1.84 bits per heavy atom. The van der Waals surface area contributed by atoms with Crippen molar-refractivity contribution in [1.82, 2.24) is 19.4 Å². The summed E-state index contributed by atoms with van der Waals surface area (Å²) >= 11 is 1.43. The van der Waals surface area contributed by atoms with Crippen molar-refractivity contribution >= 4 is 33.1 Å². The Bertz CT molecular complexity index is 2320. The molecular weight excluding hydrogens is 677 g/mol. The van der Waals surface area contributed by atoms with Crippen molar-refractivity contribution in [2.24, 2.45) is 0 Å². The molecule has 0 atom stereocenters. The number of aliphatic hydroxyl groups is 1. The number of likely N-dealkylation sites (tertiary alicyclic amines) is 1. The summed E-state index contributed by atoms with van der Waals surface area (Å²) < 4.78 is 42.7. The van der Waals surface area contributed by atoms with Crippen LogP contribution in [0.1, 0.15) is 34.3 Å². The predicted molar refractivity (Wildman–Crippen MR) is 189 cm³/mol. The molecule has 2 aromatic carbocycles. The molecule has 0 bridgehead atoms. The van der Waals surface area contributed by atoms with Crippen LogP contribution in [0.4, 0.5) is 14.5 Å². The van der Waals surface area contributed by atoms with E-state index in [1.165, 1.54) is 52.3 Å². The van der Waals surface area contributed by atoms with Crippen molar-refractivity contribution in [1.29, 1.82) is 0 Å². The molecule has 0 unspecified atom stereocenters. The summed E-state index contributed by atoms with van der Waals surface area (Å²) in [5, 5.41) is 12.4. The van der Waals surface area contributed by atoms with Crippen LogP contribution in [0.2, 0.25) is 0 Å². The average molecular weight is 708 g/mol. The van der Waals surface area contributed by atoms with E-state index in [9.17, 15) is 19.1 Å². The molecule has 2 aliphatic heterocycles. The van der Waals surface area contributed by atoms with Gasteiger partial charge in [-0.05, 0) is 66.9 Å². The first kappa shape index (κ1) is 32.7. The first-order valence-electron chi connectivity index (χ1n) is 16.5. The first-order valence-corrected chi connectivity index (χ1v) is 17.3. The Kier molecular flexibility index (Phi) is 8.76. The van der Waals surface area contributed by atoms with Crippen LogP contribution < -0.4 is 20.3 Å². The number of halogens is 2. The number of amides is 1. The third kappa shape index (κ3) is 6.70. The molecule has 2 aliphatic rings. The lowest BCUT2D eigenvalue weighted by atomic mass is 10.1. The SMILES string of the molecule is O=C(Nc1ccc(Oc2ccnc3cc(-c4ccc(CN5CCC(O)CC5)cn4)sc23)c(F)c1)c1c2c(cn(-c3ccc(F)cc3)c1=O)CCO2. The zero-order chi connectivity index (χ0) is 35.1. The number of nitrogens with zero attached hydrogens (tertiary/aromatic N) is 4. The molecule has 0 radical (unpaired) electrons. The third-order valence-electron chi connectivity index (χ3n) is 9.01. The van der Waals surface area contributed by atoms with Gasteiger partial charge in [-0.15, -0.1) is 11.3 Å². The zero-order valence-electron chi connectivity index (χ0n) is 27.1. The van der Waals surface area contributed by atoms with Crippen molar-refractivity contribution < 1.29 is 28.2 Å². The van der Waals surface area contributed by atoms with Gasteiger partial charge in [0.2, 0.25) is 0 Å². The number of piperidine rings is 1. The minimum atomic E-state index is -0.766. The number of benzene rings is 2. The lowest BCUT2D eigenvalue weighted by Gasteiger charge is -2.29. The molecule has 6 aromatic rings. The number of hydrogen-bond donors (Lipinski definition) is 2. The molecule has 6 heterocycles. The number of hydrogen-bond acceptors (Lipinski definition) is 9. The Labute approximate surface area is 294 Å². The number of thiophene rings is 1. The van der Waals surface area contributed by atoms with Gasteiger partial charge in [-0.1, -0.05) is 6.07 Å². The van der Waals surface area contributed by atoms with E-state index in [-0.39, 0.29) is 28.9 Å². The topological polar surface area (TPSA) is 119 Å².